The second kappa shape index (κ2) is 4.25. The second-order valence-electron chi connectivity index (χ2n) is 2.64. The van der Waals surface area contributed by atoms with E-state index in [1.807, 2.05) is 6.92 Å². The lowest BCUT2D eigenvalue weighted by Crippen LogP contribution is -2.33. The van der Waals surface area contributed by atoms with Crippen molar-refractivity contribution < 1.29 is 14.8 Å². The molecule has 5 heteroatoms. The number of methoxy groups -OCH3 is 1. The van der Waals surface area contributed by atoms with E-state index in [2.05, 4.69) is 4.98 Å². The van der Waals surface area contributed by atoms with Gasteiger partial charge in [0, 0.05) is 11.2 Å². The van der Waals surface area contributed by atoms with E-state index in [9.17, 15) is 0 Å². The third-order valence-corrected chi connectivity index (χ3v) is 1.83. The molecule has 0 radical (unpaired) electrons. The maximum absolute atomic E-state index is 9.02. The van der Waals surface area contributed by atoms with Gasteiger partial charge in [0.2, 0.25) is 0 Å². The Bertz CT molecular complexity index is 291. The highest BCUT2D eigenvalue weighted by Crippen LogP contribution is 2.06. The summed E-state index contributed by atoms with van der Waals surface area (Å²) in [5.74, 6) is 0.528. The van der Waals surface area contributed by atoms with E-state index in [1.54, 1.807) is 12.3 Å². The first kappa shape index (κ1) is 10.0. The summed E-state index contributed by atoms with van der Waals surface area (Å²) < 4.78 is 4.92. The van der Waals surface area contributed by atoms with Gasteiger partial charge >= 0.3 is 7.12 Å². The van der Waals surface area contributed by atoms with E-state index in [0.29, 0.717) is 23.3 Å². The predicted molar refractivity (Wildman–Crippen MR) is 50.0 cm³/mol. The summed E-state index contributed by atoms with van der Waals surface area (Å²) in [4.78, 5) is 4.04. The highest BCUT2D eigenvalue weighted by Gasteiger charge is 2.16. The topological polar surface area (TPSA) is 62.6 Å². The molecule has 0 saturated heterocycles. The molecule has 0 atom stereocenters. The summed E-state index contributed by atoms with van der Waals surface area (Å²) in [5, 5.41) is 18.0. The van der Waals surface area contributed by atoms with Crippen LogP contribution in [0.3, 0.4) is 0 Å². The molecule has 2 N–H and O–H groups in total. The minimum absolute atomic E-state index is 0.404. The van der Waals surface area contributed by atoms with Crippen molar-refractivity contribution in [3.8, 4) is 5.75 Å². The van der Waals surface area contributed by atoms with Crippen molar-refractivity contribution in [1.82, 2.24) is 4.98 Å². The van der Waals surface area contributed by atoms with E-state index in [4.69, 9.17) is 14.8 Å². The Balaban J connectivity index is 3.10. The zero-order valence-electron chi connectivity index (χ0n) is 7.69. The molecule has 0 aliphatic heterocycles. The molecule has 1 rings (SSSR count). The molecule has 0 aromatic carbocycles. The lowest BCUT2D eigenvalue weighted by atomic mass is 9.78. The van der Waals surface area contributed by atoms with Crippen LogP contribution in [0.1, 0.15) is 12.6 Å². The van der Waals surface area contributed by atoms with Crippen LogP contribution in [-0.4, -0.2) is 29.3 Å². The van der Waals surface area contributed by atoms with Gasteiger partial charge in [0.15, 0.2) is 0 Å². The minimum Gasteiger partial charge on any atom is -0.495 e. The van der Waals surface area contributed by atoms with Crippen molar-refractivity contribution in [2.45, 2.75) is 13.3 Å². The standard InChI is InChI=1S/C8H12BNO3/c1-3-8-7(9(11)12)4-6(13-2)5-10-8/h4-5,11-12H,3H2,1-2H3. The fourth-order valence-corrected chi connectivity index (χ4v) is 1.12. The predicted octanol–water partition coefficient (Wildman–Crippen LogP) is -0.668. The smallest absolute Gasteiger partial charge is 0.490 e. The van der Waals surface area contributed by atoms with Crippen molar-refractivity contribution in [1.29, 1.82) is 0 Å². The summed E-state index contributed by atoms with van der Waals surface area (Å²) in [6.07, 6.45) is 2.22. The summed E-state index contributed by atoms with van der Waals surface area (Å²) in [5.41, 5.74) is 1.08. The van der Waals surface area contributed by atoms with Crippen molar-refractivity contribution in [2.24, 2.45) is 0 Å². The summed E-state index contributed by atoms with van der Waals surface area (Å²) >= 11 is 0. The van der Waals surface area contributed by atoms with E-state index in [1.165, 1.54) is 7.11 Å². The summed E-state index contributed by atoms with van der Waals surface area (Å²) in [6.45, 7) is 1.90. The van der Waals surface area contributed by atoms with Crippen LogP contribution in [-0.2, 0) is 6.42 Å². The third kappa shape index (κ3) is 2.20. The largest absolute Gasteiger partial charge is 0.495 e. The van der Waals surface area contributed by atoms with Gasteiger partial charge in [-0.25, -0.2) is 0 Å². The maximum atomic E-state index is 9.02. The van der Waals surface area contributed by atoms with Gasteiger partial charge in [-0.05, 0) is 12.5 Å². The van der Waals surface area contributed by atoms with Gasteiger partial charge in [-0.2, -0.15) is 0 Å². The van der Waals surface area contributed by atoms with Crippen LogP contribution in [0.4, 0.5) is 0 Å². The second-order valence-corrected chi connectivity index (χ2v) is 2.64. The number of hydrogen-bond acceptors (Lipinski definition) is 4. The summed E-state index contributed by atoms with van der Waals surface area (Å²) in [6, 6.07) is 1.58. The molecule has 0 aliphatic rings. The third-order valence-electron chi connectivity index (χ3n) is 1.83. The number of ether oxygens (including phenoxy) is 1. The molecule has 0 amide bonds. The maximum Gasteiger partial charge on any atom is 0.490 e. The molecule has 0 bridgehead atoms. The Labute approximate surface area is 77.3 Å². The van der Waals surface area contributed by atoms with E-state index < -0.39 is 7.12 Å². The first-order valence-corrected chi connectivity index (χ1v) is 4.08. The van der Waals surface area contributed by atoms with Gasteiger partial charge in [0.05, 0.1) is 13.3 Å². The lowest BCUT2D eigenvalue weighted by Gasteiger charge is -2.07. The molecule has 1 aromatic rings. The Morgan fingerprint density at radius 3 is 2.69 bits per heavy atom. The first-order chi connectivity index (χ1) is 6.19. The molecule has 1 heterocycles. The van der Waals surface area contributed by atoms with E-state index >= 15 is 0 Å². The molecule has 13 heavy (non-hydrogen) atoms. The molecule has 0 saturated carbocycles. The molecule has 0 aliphatic carbocycles. The minimum atomic E-state index is -1.49. The van der Waals surface area contributed by atoms with E-state index in [-0.39, 0.29) is 0 Å². The Morgan fingerprint density at radius 2 is 2.23 bits per heavy atom. The Kier molecular flexibility index (Phi) is 3.28. The lowest BCUT2D eigenvalue weighted by molar-refractivity contribution is 0.409. The average Bonchev–Trinajstić information content (AvgIpc) is 2.16. The first-order valence-electron chi connectivity index (χ1n) is 4.08. The highest BCUT2D eigenvalue weighted by molar-refractivity contribution is 6.59. The van der Waals surface area contributed by atoms with Crippen LogP contribution in [0, 0.1) is 0 Å². The number of aromatic nitrogens is 1. The zero-order chi connectivity index (χ0) is 9.84. The highest BCUT2D eigenvalue weighted by atomic mass is 16.5. The van der Waals surface area contributed by atoms with Gasteiger partial charge in [0.1, 0.15) is 5.75 Å². The summed E-state index contributed by atoms with van der Waals surface area (Å²) in [7, 11) is 0.0217. The fourth-order valence-electron chi connectivity index (χ4n) is 1.12. The van der Waals surface area contributed by atoms with Crippen molar-refractivity contribution >= 4 is 12.6 Å². The Morgan fingerprint density at radius 1 is 1.54 bits per heavy atom. The molecule has 70 valence electrons. The molecule has 0 unspecified atom stereocenters. The molecule has 4 nitrogen and oxygen atoms in total. The van der Waals surface area contributed by atoms with E-state index in [0.717, 1.165) is 0 Å². The van der Waals surface area contributed by atoms with Crippen LogP contribution >= 0.6 is 0 Å². The fraction of sp³-hybridized carbons (Fsp3) is 0.375. The Hall–Kier alpha value is -1.07. The number of aryl methyl sites for hydroxylation is 1. The van der Waals surface area contributed by atoms with Crippen molar-refractivity contribution in [2.75, 3.05) is 7.11 Å². The number of nitrogens with zero attached hydrogens (tertiary/aromatic N) is 1. The number of rotatable bonds is 3. The van der Waals surface area contributed by atoms with Gasteiger partial charge in [-0.3, -0.25) is 4.98 Å². The van der Waals surface area contributed by atoms with Crippen LogP contribution in [0.15, 0.2) is 12.3 Å². The average molecular weight is 181 g/mol. The molecule has 1 aromatic heterocycles. The SMILES string of the molecule is CCc1ncc(OC)cc1B(O)O. The number of hydrogen-bond donors (Lipinski definition) is 2. The normalized spacial score (nSPS) is 9.85. The molecule has 0 fully saturated rings. The number of pyridine rings is 1. The van der Waals surface area contributed by atoms with Crippen LogP contribution < -0.4 is 10.2 Å². The zero-order valence-corrected chi connectivity index (χ0v) is 7.69. The van der Waals surface area contributed by atoms with Gasteiger partial charge in [-0.1, -0.05) is 6.92 Å². The monoisotopic (exact) mass is 181 g/mol. The van der Waals surface area contributed by atoms with Crippen molar-refractivity contribution in [3.63, 3.8) is 0 Å². The van der Waals surface area contributed by atoms with Crippen LogP contribution in [0.2, 0.25) is 0 Å². The molecular weight excluding hydrogens is 169 g/mol. The quantitative estimate of drug-likeness (QED) is 0.607. The van der Waals surface area contributed by atoms with Crippen LogP contribution in [0.25, 0.3) is 0 Å². The molecular formula is C8H12BNO3. The van der Waals surface area contributed by atoms with Gasteiger partial charge in [-0.15, -0.1) is 0 Å². The van der Waals surface area contributed by atoms with Gasteiger partial charge in [0.25, 0.3) is 0 Å². The van der Waals surface area contributed by atoms with Crippen molar-refractivity contribution in [3.05, 3.63) is 18.0 Å². The molecule has 0 spiro atoms. The van der Waals surface area contributed by atoms with Crippen LogP contribution in [0.5, 0.6) is 5.75 Å². The van der Waals surface area contributed by atoms with Gasteiger partial charge < -0.3 is 14.8 Å².